The zero-order chi connectivity index (χ0) is 13.1. The van der Waals surface area contributed by atoms with E-state index in [1.807, 2.05) is 32.0 Å². The summed E-state index contributed by atoms with van der Waals surface area (Å²) in [6, 6.07) is 8.45. The molecule has 0 fully saturated rings. The molecule has 96 valence electrons. The number of hydrogen-bond donors (Lipinski definition) is 1. The Morgan fingerprint density at radius 2 is 2.06 bits per heavy atom. The molecule has 0 aliphatic carbocycles. The van der Waals surface area contributed by atoms with Crippen LogP contribution in [0.3, 0.4) is 0 Å². The number of halogens is 1. The first-order chi connectivity index (χ1) is 8.58. The van der Waals surface area contributed by atoms with Crippen molar-refractivity contribution in [1.82, 2.24) is 10.3 Å². The van der Waals surface area contributed by atoms with Crippen molar-refractivity contribution in [2.45, 2.75) is 33.4 Å². The quantitative estimate of drug-likeness (QED) is 0.930. The Kier molecular flexibility index (Phi) is 4.19. The van der Waals surface area contributed by atoms with E-state index in [0.29, 0.717) is 6.54 Å². The lowest BCUT2D eigenvalue weighted by molar-refractivity contribution is 0.431. The van der Waals surface area contributed by atoms with Crippen molar-refractivity contribution in [3.05, 3.63) is 51.6 Å². The molecule has 2 rings (SSSR count). The maximum atomic E-state index is 5.55. The Morgan fingerprint density at radius 3 is 2.67 bits per heavy atom. The van der Waals surface area contributed by atoms with Crippen LogP contribution < -0.4 is 5.32 Å². The van der Waals surface area contributed by atoms with Gasteiger partial charge in [0.05, 0.1) is 12.2 Å². The van der Waals surface area contributed by atoms with Crippen molar-refractivity contribution in [2.75, 3.05) is 0 Å². The van der Waals surface area contributed by atoms with E-state index in [4.69, 9.17) is 4.42 Å². The van der Waals surface area contributed by atoms with Crippen molar-refractivity contribution < 1.29 is 4.42 Å². The second-order valence-corrected chi connectivity index (χ2v) is 5.23. The van der Waals surface area contributed by atoms with Crippen LogP contribution in [0.25, 0.3) is 0 Å². The molecule has 1 N–H and O–H groups in total. The molecule has 1 aromatic heterocycles. The van der Waals surface area contributed by atoms with Gasteiger partial charge in [-0.1, -0.05) is 34.1 Å². The van der Waals surface area contributed by atoms with Crippen LogP contribution in [-0.2, 0) is 6.54 Å². The number of nitrogens with one attached hydrogen (secondary N) is 1. The first-order valence-electron chi connectivity index (χ1n) is 5.98. The highest BCUT2D eigenvalue weighted by molar-refractivity contribution is 9.10. The van der Waals surface area contributed by atoms with E-state index in [-0.39, 0.29) is 6.04 Å². The first kappa shape index (κ1) is 13.3. The molecule has 0 aliphatic heterocycles. The van der Waals surface area contributed by atoms with Gasteiger partial charge in [0.2, 0.25) is 5.89 Å². The van der Waals surface area contributed by atoms with Crippen molar-refractivity contribution in [3.63, 3.8) is 0 Å². The van der Waals surface area contributed by atoms with Gasteiger partial charge in [-0.2, -0.15) is 0 Å². The maximum absolute atomic E-state index is 5.55. The minimum atomic E-state index is 0.244. The molecule has 0 spiro atoms. The minimum Gasteiger partial charge on any atom is -0.444 e. The lowest BCUT2D eigenvalue weighted by Crippen LogP contribution is -2.18. The molecule has 4 heteroatoms. The smallest absolute Gasteiger partial charge is 0.208 e. The summed E-state index contributed by atoms with van der Waals surface area (Å²) in [6.45, 7) is 6.66. The van der Waals surface area contributed by atoms with Gasteiger partial charge in [-0.25, -0.2) is 4.98 Å². The SMILES string of the molecule is Cc1nc(CN[C@H](C)c2ccccc2Br)oc1C. The number of oxazole rings is 1. The van der Waals surface area contributed by atoms with Gasteiger partial charge in [-0.05, 0) is 32.4 Å². The standard InChI is InChI=1S/C14H17BrN2O/c1-9-11(3)18-14(17-9)8-16-10(2)12-6-4-5-7-13(12)15/h4-7,10,16H,8H2,1-3H3/t10-/m1/s1. The fourth-order valence-corrected chi connectivity index (χ4v) is 2.42. The summed E-state index contributed by atoms with van der Waals surface area (Å²) in [5.74, 6) is 1.63. The van der Waals surface area contributed by atoms with E-state index in [2.05, 4.69) is 39.2 Å². The molecule has 0 aliphatic rings. The molecule has 0 bridgehead atoms. The molecular formula is C14H17BrN2O. The average molecular weight is 309 g/mol. The van der Waals surface area contributed by atoms with Crippen LogP contribution in [0.1, 0.15) is 35.9 Å². The molecule has 0 saturated heterocycles. The Labute approximate surface area is 116 Å². The second-order valence-electron chi connectivity index (χ2n) is 4.37. The van der Waals surface area contributed by atoms with Crippen molar-refractivity contribution in [2.24, 2.45) is 0 Å². The normalized spacial score (nSPS) is 12.7. The maximum Gasteiger partial charge on any atom is 0.208 e. The Hall–Kier alpha value is -1.13. The van der Waals surface area contributed by atoms with Gasteiger partial charge >= 0.3 is 0 Å². The van der Waals surface area contributed by atoms with E-state index in [0.717, 1.165) is 21.8 Å². The third-order valence-electron chi connectivity index (χ3n) is 3.00. The van der Waals surface area contributed by atoms with Crippen molar-refractivity contribution >= 4 is 15.9 Å². The largest absolute Gasteiger partial charge is 0.444 e. The molecule has 1 heterocycles. The fraction of sp³-hybridized carbons (Fsp3) is 0.357. The van der Waals surface area contributed by atoms with Crippen LogP contribution in [0.2, 0.25) is 0 Å². The lowest BCUT2D eigenvalue weighted by atomic mass is 10.1. The van der Waals surface area contributed by atoms with Gasteiger partial charge in [0, 0.05) is 10.5 Å². The second kappa shape index (κ2) is 5.67. The van der Waals surface area contributed by atoms with Crippen LogP contribution in [0.4, 0.5) is 0 Å². The number of aryl methyl sites for hydroxylation is 2. The highest BCUT2D eigenvalue weighted by atomic mass is 79.9. The zero-order valence-corrected chi connectivity index (χ0v) is 12.4. The Balaban J connectivity index is 2.00. The highest BCUT2D eigenvalue weighted by Gasteiger charge is 2.10. The Morgan fingerprint density at radius 1 is 1.33 bits per heavy atom. The number of benzene rings is 1. The molecule has 0 radical (unpaired) electrons. The summed E-state index contributed by atoms with van der Waals surface area (Å²) in [4.78, 5) is 4.36. The molecule has 3 nitrogen and oxygen atoms in total. The topological polar surface area (TPSA) is 38.1 Å². The van der Waals surface area contributed by atoms with Gasteiger partial charge in [-0.3, -0.25) is 0 Å². The van der Waals surface area contributed by atoms with Crippen LogP contribution in [0, 0.1) is 13.8 Å². The van der Waals surface area contributed by atoms with Crippen molar-refractivity contribution in [1.29, 1.82) is 0 Å². The van der Waals surface area contributed by atoms with E-state index < -0.39 is 0 Å². The summed E-state index contributed by atoms with van der Waals surface area (Å²) in [5, 5.41) is 3.41. The molecule has 2 aromatic rings. The van der Waals surface area contributed by atoms with Crippen LogP contribution >= 0.6 is 15.9 Å². The molecule has 0 unspecified atom stereocenters. The molecule has 1 aromatic carbocycles. The zero-order valence-electron chi connectivity index (χ0n) is 10.8. The van der Waals surface area contributed by atoms with E-state index in [1.54, 1.807) is 0 Å². The number of hydrogen-bond acceptors (Lipinski definition) is 3. The molecule has 1 atom stereocenters. The molecule has 18 heavy (non-hydrogen) atoms. The van der Waals surface area contributed by atoms with Crippen LogP contribution in [0.5, 0.6) is 0 Å². The molecule has 0 amide bonds. The third kappa shape index (κ3) is 3.00. The first-order valence-corrected chi connectivity index (χ1v) is 6.78. The van der Waals surface area contributed by atoms with E-state index >= 15 is 0 Å². The predicted octanol–water partition coefficient (Wildman–Crippen LogP) is 3.90. The summed E-state index contributed by atoms with van der Waals surface area (Å²) < 4.78 is 6.66. The summed E-state index contributed by atoms with van der Waals surface area (Å²) in [6.07, 6.45) is 0. The third-order valence-corrected chi connectivity index (χ3v) is 3.73. The molecule has 0 saturated carbocycles. The van der Waals surface area contributed by atoms with Gasteiger partial charge in [0.25, 0.3) is 0 Å². The minimum absolute atomic E-state index is 0.244. The Bertz CT molecular complexity index is 517. The van der Waals surface area contributed by atoms with Crippen molar-refractivity contribution in [3.8, 4) is 0 Å². The lowest BCUT2D eigenvalue weighted by Gasteiger charge is -2.14. The highest BCUT2D eigenvalue weighted by Crippen LogP contribution is 2.23. The van der Waals surface area contributed by atoms with Gasteiger partial charge in [0.1, 0.15) is 5.76 Å². The van der Waals surface area contributed by atoms with E-state index in [1.165, 1.54) is 5.56 Å². The van der Waals surface area contributed by atoms with Gasteiger partial charge in [-0.15, -0.1) is 0 Å². The molecular weight excluding hydrogens is 292 g/mol. The summed E-state index contributed by atoms with van der Waals surface area (Å²) in [5.41, 5.74) is 2.19. The van der Waals surface area contributed by atoms with Gasteiger partial charge in [0.15, 0.2) is 0 Å². The van der Waals surface area contributed by atoms with Crippen LogP contribution in [-0.4, -0.2) is 4.98 Å². The van der Waals surface area contributed by atoms with E-state index in [9.17, 15) is 0 Å². The number of aromatic nitrogens is 1. The summed E-state index contributed by atoms with van der Waals surface area (Å²) in [7, 11) is 0. The van der Waals surface area contributed by atoms with Crippen LogP contribution in [0.15, 0.2) is 33.2 Å². The van der Waals surface area contributed by atoms with Gasteiger partial charge < -0.3 is 9.73 Å². The monoisotopic (exact) mass is 308 g/mol. The average Bonchev–Trinajstić information content (AvgIpc) is 2.66. The predicted molar refractivity (Wildman–Crippen MR) is 75.4 cm³/mol. The number of nitrogens with zero attached hydrogens (tertiary/aromatic N) is 1. The fourth-order valence-electron chi connectivity index (χ4n) is 1.79. The summed E-state index contributed by atoms with van der Waals surface area (Å²) >= 11 is 3.56. The number of rotatable bonds is 4.